The summed E-state index contributed by atoms with van der Waals surface area (Å²) in [6.07, 6.45) is -7.21. The van der Waals surface area contributed by atoms with E-state index in [1.54, 1.807) is 55.5 Å². The summed E-state index contributed by atoms with van der Waals surface area (Å²) in [5, 5.41) is 40.2. The summed E-state index contributed by atoms with van der Waals surface area (Å²) in [4.78, 5) is 69.9. The summed E-state index contributed by atoms with van der Waals surface area (Å²) in [6.45, 7) is 9.72. The zero-order valence-corrected chi connectivity index (χ0v) is 40.3. The lowest BCUT2D eigenvalue weighted by Crippen LogP contribution is -2.64. The number of hydrogen-bond donors (Lipinski definition) is 7. The van der Waals surface area contributed by atoms with Crippen molar-refractivity contribution < 1.29 is 91.5 Å². The van der Waals surface area contributed by atoms with Gasteiger partial charge in [0.05, 0.1) is 78.7 Å². The van der Waals surface area contributed by atoms with E-state index in [-0.39, 0.29) is 56.7 Å². The molecule has 2 saturated heterocycles. The molecule has 7 N–H and O–H groups in total. The third kappa shape index (κ3) is 22.3. The van der Waals surface area contributed by atoms with Crippen LogP contribution in [0.15, 0.2) is 60.7 Å². The van der Waals surface area contributed by atoms with Crippen molar-refractivity contribution in [1.82, 2.24) is 21.3 Å². The van der Waals surface area contributed by atoms with E-state index in [1.165, 1.54) is 27.7 Å². The van der Waals surface area contributed by atoms with Gasteiger partial charge in [0, 0.05) is 57.8 Å². The molecule has 392 valence electrons. The molecule has 0 radical (unpaired) electrons. The first-order valence-corrected chi connectivity index (χ1v) is 23.0. The third-order valence-corrected chi connectivity index (χ3v) is 10.3. The summed E-state index contributed by atoms with van der Waals surface area (Å²) in [6, 6.07) is 16.2. The van der Waals surface area contributed by atoms with Crippen LogP contribution in [0, 0.1) is 5.92 Å². The number of ether oxygens (including phenoxy) is 10. The van der Waals surface area contributed by atoms with Gasteiger partial charge >= 0.3 is 11.9 Å². The Hall–Kier alpha value is -5.18. The zero-order valence-electron chi connectivity index (χ0n) is 40.3. The minimum atomic E-state index is -1.36. The van der Waals surface area contributed by atoms with Crippen molar-refractivity contribution in [1.29, 1.82) is 0 Å². The Kier molecular flexibility index (Phi) is 28.2. The molecule has 0 bridgehead atoms. The number of carbonyl (C=O) groups is 6. The molecular formula is C47H70N4O19. The molecule has 10 atom stereocenters. The molecule has 2 heterocycles. The molecule has 0 spiro atoms. The number of carbonyl (C=O) groups excluding carboxylic acids is 6. The van der Waals surface area contributed by atoms with Gasteiger partial charge in [-0.15, -0.1) is 0 Å². The first-order valence-electron chi connectivity index (χ1n) is 23.0. The maximum absolute atomic E-state index is 12.0. The van der Waals surface area contributed by atoms with Gasteiger partial charge in [0.25, 0.3) is 11.8 Å². The number of hydrogen-bond acceptors (Lipinski definition) is 19. The lowest BCUT2D eigenvalue weighted by Gasteiger charge is -2.44. The van der Waals surface area contributed by atoms with Gasteiger partial charge in [0.1, 0.15) is 43.2 Å². The lowest BCUT2D eigenvalue weighted by molar-refractivity contribution is -0.272. The van der Waals surface area contributed by atoms with Crippen LogP contribution >= 0.6 is 0 Å². The van der Waals surface area contributed by atoms with Crippen LogP contribution in [0.25, 0.3) is 0 Å². The third-order valence-electron chi connectivity index (χ3n) is 10.3. The number of esters is 2. The number of benzene rings is 2. The monoisotopic (exact) mass is 994 g/mol. The molecule has 4 unspecified atom stereocenters. The van der Waals surface area contributed by atoms with Gasteiger partial charge in [-0.1, -0.05) is 43.3 Å². The zero-order chi connectivity index (χ0) is 51.3. The normalized spacial score (nSPS) is 23.9. The summed E-state index contributed by atoms with van der Waals surface area (Å²) in [7, 11) is 0. The lowest BCUT2D eigenvalue weighted by atomic mass is 9.88. The molecule has 0 aromatic heterocycles. The van der Waals surface area contributed by atoms with Crippen LogP contribution in [-0.2, 0) is 66.5 Å². The van der Waals surface area contributed by atoms with E-state index in [1.807, 2.05) is 12.1 Å². The van der Waals surface area contributed by atoms with E-state index >= 15 is 0 Å². The molecule has 70 heavy (non-hydrogen) atoms. The first-order chi connectivity index (χ1) is 33.6. The quantitative estimate of drug-likeness (QED) is 0.0407. The highest BCUT2D eigenvalue weighted by Gasteiger charge is 2.47. The van der Waals surface area contributed by atoms with E-state index < -0.39 is 79.6 Å². The Morgan fingerprint density at radius 2 is 0.986 bits per heavy atom. The van der Waals surface area contributed by atoms with E-state index in [0.717, 1.165) is 0 Å². The van der Waals surface area contributed by atoms with Gasteiger partial charge < -0.3 is 84.0 Å². The summed E-state index contributed by atoms with van der Waals surface area (Å²) >= 11 is 0. The second kappa shape index (κ2) is 33.4. The molecule has 2 aromatic carbocycles. The highest BCUT2D eigenvalue weighted by molar-refractivity contribution is 5.94. The fourth-order valence-corrected chi connectivity index (χ4v) is 6.97. The predicted octanol–water partition coefficient (Wildman–Crippen LogP) is -0.763. The number of nitrogens with one attached hydrogen (secondary N) is 4. The first kappa shape index (κ1) is 59.1. The van der Waals surface area contributed by atoms with Crippen LogP contribution in [0.4, 0.5) is 0 Å². The SMILES string of the molecule is CC(=O)NC1[C@H](OCCOCCOCCNC(=O)c2ccccc2)OC(CO)[C@H](O)[C@@H]1O.CC(=O)NC1[C@H](OCCOCCOCCNC(=O)c2ccccc2)OC(COC(C)=O)[C@H](OC(C)=O)[C@@H]1C. The molecule has 2 aliphatic rings. The molecular weight excluding hydrogens is 925 g/mol. The molecule has 2 fully saturated rings. The summed E-state index contributed by atoms with van der Waals surface area (Å²) in [5.41, 5.74) is 1.18. The molecule has 4 amide bonds. The molecule has 2 aliphatic heterocycles. The van der Waals surface area contributed by atoms with Crippen molar-refractivity contribution in [2.45, 2.75) is 89.8 Å². The topological polar surface area (TPSA) is 304 Å². The van der Waals surface area contributed by atoms with Crippen LogP contribution < -0.4 is 21.3 Å². The Morgan fingerprint density at radius 1 is 0.557 bits per heavy atom. The van der Waals surface area contributed by atoms with E-state index in [2.05, 4.69) is 21.3 Å². The van der Waals surface area contributed by atoms with Crippen LogP contribution in [0.2, 0.25) is 0 Å². The second-order valence-corrected chi connectivity index (χ2v) is 15.9. The average Bonchev–Trinajstić information content (AvgIpc) is 3.33. The smallest absolute Gasteiger partial charge is 0.303 e. The fraction of sp³-hybridized carbons (Fsp3) is 0.617. The Labute approximate surface area is 407 Å². The molecule has 2 aromatic rings. The Bertz CT molecular complexity index is 1850. The maximum Gasteiger partial charge on any atom is 0.303 e. The molecule has 4 rings (SSSR count). The van der Waals surface area contributed by atoms with Crippen molar-refractivity contribution in [3.8, 4) is 0 Å². The van der Waals surface area contributed by atoms with Crippen molar-refractivity contribution in [3.63, 3.8) is 0 Å². The van der Waals surface area contributed by atoms with Crippen molar-refractivity contribution in [2.24, 2.45) is 5.92 Å². The highest BCUT2D eigenvalue weighted by atomic mass is 16.7. The predicted molar refractivity (Wildman–Crippen MR) is 246 cm³/mol. The molecule has 23 nitrogen and oxygen atoms in total. The van der Waals surface area contributed by atoms with Gasteiger partial charge in [-0.25, -0.2) is 0 Å². The van der Waals surface area contributed by atoms with Gasteiger partial charge in [0.15, 0.2) is 12.6 Å². The summed E-state index contributed by atoms with van der Waals surface area (Å²) < 4.78 is 55.0. The van der Waals surface area contributed by atoms with Crippen molar-refractivity contribution in [2.75, 3.05) is 92.4 Å². The van der Waals surface area contributed by atoms with Crippen molar-refractivity contribution >= 4 is 35.6 Å². The van der Waals surface area contributed by atoms with Crippen LogP contribution in [0.3, 0.4) is 0 Å². The molecule has 23 heteroatoms. The van der Waals surface area contributed by atoms with Gasteiger partial charge in [-0.05, 0) is 24.3 Å². The largest absolute Gasteiger partial charge is 0.463 e. The van der Waals surface area contributed by atoms with Crippen LogP contribution in [0.5, 0.6) is 0 Å². The Morgan fingerprint density at radius 3 is 1.43 bits per heavy atom. The van der Waals surface area contributed by atoms with Crippen molar-refractivity contribution in [3.05, 3.63) is 71.8 Å². The molecule has 0 saturated carbocycles. The number of aliphatic hydroxyl groups is 3. The van der Waals surface area contributed by atoms with Gasteiger partial charge in [0.2, 0.25) is 11.8 Å². The minimum absolute atomic E-state index is 0.0921. The number of rotatable bonds is 28. The standard InChI is InChI=1S/C26H38N2O10.C21H32N2O9/c1-17-23(28-18(2)29)26(38-22(16-36-19(3)30)24(17)37-20(4)31)35-15-14-34-13-12-33-11-10-27-25(32)21-8-6-5-7-9-21;1-14(25)23-17-19(27)18(26)16(13-24)32-21(17)31-12-11-30-10-9-29-8-7-22-20(28)15-5-3-2-4-6-15/h5-9,17,22-24,26H,10-16H2,1-4H3,(H,27,32)(H,28,29);2-6,16-19,21,24,26-27H,7-13H2,1H3,(H,22,28)(H,23,25)/t17-,22?,23?,24-,26-;16?,17?,18-,19+,21+/m10/s1. The maximum atomic E-state index is 12.0. The number of amides is 4. The minimum Gasteiger partial charge on any atom is -0.463 e. The number of aliphatic hydroxyl groups excluding tert-OH is 3. The average molecular weight is 995 g/mol. The van der Waals surface area contributed by atoms with E-state index in [0.29, 0.717) is 63.9 Å². The Balaban J connectivity index is 0.000000376. The molecule has 0 aliphatic carbocycles. The van der Waals surface area contributed by atoms with Crippen LogP contribution in [0.1, 0.15) is 55.3 Å². The van der Waals surface area contributed by atoms with E-state index in [9.17, 15) is 44.1 Å². The van der Waals surface area contributed by atoms with Gasteiger partial charge in [-0.2, -0.15) is 0 Å². The fourth-order valence-electron chi connectivity index (χ4n) is 6.97. The summed E-state index contributed by atoms with van der Waals surface area (Å²) in [5.74, 6) is -2.45. The van der Waals surface area contributed by atoms with E-state index in [4.69, 9.17) is 47.4 Å². The second-order valence-electron chi connectivity index (χ2n) is 15.9. The van der Waals surface area contributed by atoms with Crippen LogP contribution in [-0.4, -0.2) is 198 Å². The van der Waals surface area contributed by atoms with Gasteiger partial charge in [-0.3, -0.25) is 28.8 Å². The highest BCUT2D eigenvalue weighted by Crippen LogP contribution is 2.30.